The van der Waals surface area contributed by atoms with Gasteiger partial charge in [0.05, 0.1) is 36.7 Å². The minimum absolute atomic E-state index is 0. The van der Waals surface area contributed by atoms with E-state index in [9.17, 15) is 4.79 Å². The third kappa shape index (κ3) is 6.95. The smallest absolute Gasteiger partial charge is 0.214 e. The van der Waals surface area contributed by atoms with Crippen molar-refractivity contribution in [2.45, 2.75) is 19.4 Å². The predicted molar refractivity (Wildman–Crippen MR) is 231 cm³/mol. The number of fused-ring (bicyclic) bond motifs is 2. The molecule has 4 aromatic heterocycles. The zero-order valence-electron chi connectivity index (χ0n) is 33.7. The minimum Gasteiger partial charge on any atom is -0.481 e. The Morgan fingerprint density at radius 1 is 0.656 bits per heavy atom. The number of piperazine rings is 1. The lowest BCUT2D eigenvalue weighted by molar-refractivity contribution is -0.124. The second-order valence-electron chi connectivity index (χ2n) is 14.5. The van der Waals surface area contributed by atoms with Crippen LogP contribution in [0.15, 0.2) is 121 Å². The molecule has 5 heterocycles. The Balaban J connectivity index is 0.00000514. The van der Waals surface area contributed by atoms with Crippen LogP contribution < -0.4 is 24.3 Å². The molecule has 1 saturated heterocycles. The standard InChI is InChI=1S/C47H40F2N6O5.ClH/c1-29-15-17-31(48)25-37(29)59-45-41(35-19-21-39(57-3)51-43(35)54(45)33-11-7-5-8-12-33)47(27-50-23-24-53(47)28-56)42-36-20-22-40(58-4)52-44(36)55(34-13-9-6-10-14-34)46(42)60-38-26-32(49)18-16-30(38)2;/h5-22,25-26,28,50H,23-24,27H2,1-4H3;1H. The molecule has 0 bridgehead atoms. The van der Waals surface area contributed by atoms with Gasteiger partial charge in [-0.05, 0) is 73.5 Å². The molecule has 0 atom stereocenters. The van der Waals surface area contributed by atoms with Crippen molar-refractivity contribution in [3.8, 4) is 46.4 Å². The summed E-state index contributed by atoms with van der Waals surface area (Å²) in [7, 11) is 3.08. The van der Waals surface area contributed by atoms with Crippen LogP contribution in [0.1, 0.15) is 22.3 Å². The molecule has 14 heteroatoms. The van der Waals surface area contributed by atoms with Gasteiger partial charge in [-0.3, -0.25) is 13.9 Å². The van der Waals surface area contributed by atoms with Crippen molar-refractivity contribution in [1.29, 1.82) is 0 Å². The maximum Gasteiger partial charge on any atom is 0.214 e. The molecule has 8 aromatic rings. The first-order chi connectivity index (χ1) is 29.2. The van der Waals surface area contributed by atoms with Gasteiger partial charge in [0.2, 0.25) is 29.9 Å². The predicted octanol–water partition coefficient (Wildman–Crippen LogP) is 9.59. The van der Waals surface area contributed by atoms with Gasteiger partial charge in [-0.1, -0.05) is 48.5 Å². The van der Waals surface area contributed by atoms with E-state index in [0.29, 0.717) is 74.0 Å². The molecule has 4 aromatic carbocycles. The highest BCUT2D eigenvalue weighted by atomic mass is 35.5. The molecule has 1 aliphatic heterocycles. The Morgan fingerprint density at radius 2 is 1.11 bits per heavy atom. The van der Waals surface area contributed by atoms with Gasteiger partial charge in [-0.15, -0.1) is 12.4 Å². The van der Waals surface area contributed by atoms with Crippen molar-refractivity contribution >= 4 is 40.9 Å². The molecule has 1 amide bonds. The van der Waals surface area contributed by atoms with Crippen molar-refractivity contribution in [3.05, 3.63) is 155 Å². The van der Waals surface area contributed by atoms with E-state index in [-0.39, 0.29) is 48.8 Å². The van der Waals surface area contributed by atoms with E-state index >= 15 is 8.78 Å². The number of aryl methyl sites for hydroxylation is 2. The highest BCUT2D eigenvalue weighted by Gasteiger charge is 2.52. The zero-order chi connectivity index (χ0) is 41.5. The number of pyridine rings is 2. The van der Waals surface area contributed by atoms with Crippen molar-refractivity contribution in [2.24, 2.45) is 0 Å². The average Bonchev–Trinajstić information content (AvgIpc) is 3.78. The summed E-state index contributed by atoms with van der Waals surface area (Å²) in [5, 5.41) is 4.80. The summed E-state index contributed by atoms with van der Waals surface area (Å²) in [4.78, 5) is 25.7. The van der Waals surface area contributed by atoms with Crippen LogP contribution in [0.2, 0.25) is 0 Å². The first kappa shape index (κ1) is 40.8. The highest BCUT2D eigenvalue weighted by molar-refractivity contribution is 5.94. The maximum atomic E-state index is 15.2. The number of para-hydroxylation sites is 2. The highest BCUT2D eigenvalue weighted by Crippen LogP contribution is 2.54. The Bertz CT molecular complexity index is 2720. The van der Waals surface area contributed by atoms with Gasteiger partial charge in [0.15, 0.2) is 11.3 Å². The number of benzene rings is 4. The molecular weight excluding hydrogens is 802 g/mol. The maximum absolute atomic E-state index is 15.2. The number of hydrogen-bond donors (Lipinski definition) is 1. The number of carbonyl (C=O) groups is 1. The van der Waals surface area contributed by atoms with Gasteiger partial charge in [0.1, 0.15) is 28.7 Å². The third-order valence-corrected chi connectivity index (χ3v) is 11.0. The number of carbonyl (C=O) groups excluding carboxylic acids is 1. The Labute approximate surface area is 356 Å². The summed E-state index contributed by atoms with van der Waals surface area (Å²) in [6, 6.07) is 35.0. The van der Waals surface area contributed by atoms with Crippen LogP contribution in [0.4, 0.5) is 8.78 Å². The van der Waals surface area contributed by atoms with E-state index in [1.54, 1.807) is 29.2 Å². The summed E-state index contributed by atoms with van der Waals surface area (Å²) < 4.78 is 59.5. The molecule has 0 unspecified atom stereocenters. The first-order valence-corrected chi connectivity index (χ1v) is 19.4. The number of rotatable bonds is 11. The van der Waals surface area contributed by atoms with Gasteiger partial charge < -0.3 is 29.2 Å². The lowest BCUT2D eigenvalue weighted by atomic mass is 9.79. The van der Waals surface area contributed by atoms with Gasteiger partial charge >= 0.3 is 0 Å². The topological polar surface area (TPSA) is 105 Å². The second-order valence-corrected chi connectivity index (χ2v) is 14.5. The first-order valence-electron chi connectivity index (χ1n) is 19.4. The van der Waals surface area contributed by atoms with Crippen LogP contribution in [-0.4, -0.2) is 64.3 Å². The SMILES string of the molecule is COc1ccc2c(C3(c4c(Oc5cc(F)ccc5C)n(-c5ccccc5)c5nc(OC)ccc45)CNCCN3C=O)c(Oc3cc(F)ccc3C)n(-c3ccccc3)c2n1.Cl. The number of aromatic nitrogens is 4. The minimum atomic E-state index is -1.49. The van der Waals surface area contributed by atoms with E-state index < -0.39 is 17.2 Å². The van der Waals surface area contributed by atoms with Crippen LogP contribution in [0.5, 0.6) is 35.0 Å². The fourth-order valence-electron chi connectivity index (χ4n) is 8.16. The molecule has 1 aliphatic rings. The number of hydrogen-bond acceptors (Lipinski definition) is 8. The molecule has 9 rings (SSSR count). The van der Waals surface area contributed by atoms with Crippen LogP contribution in [0, 0.1) is 25.5 Å². The third-order valence-electron chi connectivity index (χ3n) is 11.0. The van der Waals surface area contributed by atoms with Gasteiger partial charge in [0.25, 0.3) is 0 Å². The molecule has 1 fully saturated rings. The van der Waals surface area contributed by atoms with Gasteiger partial charge in [0, 0.05) is 54.7 Å². The second kappa shape index (κ2) is 16.6. The summed E-state index contributed by atoms with van der Waals surface area (Å²) in [5.74, 6) is 0.720. The molecule has 61 heavy (non-hydrogen) atoms. The van der Waals surface area contributed by atoms with Gasteiger partial charge in [-0.2, -0.15) is 9.97 Å². The fourth-order valence-corrected chi connectivity index (χ4v) is 8.16. The number of amides is 1. The molecular formula is C47H41ClF2N6O5. The number of methoxy groups -OCH3 is 2. The Hall–Kier alpha value is -6.96. The summed E-state index contributed by atoms with van der Waals surface area (Å²) in [5.41, 5.74) is 3.14. The van der Waals surface area contributed by atoms with Crippen LogP contribution in [0.3, 0.4) is 0 Å². The van der Waals surface area contributed by atoms with Gasteiger partial charge in [-0.25, -0.2) is 8.78 Å². The fraction of sp³-hybridized carbons (Fsp3) is 0.170. The van der Waals surface area contributed by atoms with Crippen LogP contribution in [0.25, 0.3) is 33.4 Å². The van der Waals surface area contributed by atoms with E-state index in [0.717, 1.165) is 6.41 Å². The number of halogens is 3. The lowest BCUT2D eigenvalue weighted by Gasteiger charge is -2.46. The van der Waals surface area contributed by atoms with Crippen molar-refractivity contribution in [3.63, 3.8) is 0 Å². The Morgan fingerprint density at radius 3 is 1.54 bits per heavy atom. The quantitative estimate of drug-likeness (QED) is 0.129. The molecule has 310 valence electrons. The molecule has 1 N–H and O–H groups in total. The van der Waals surface area contributed by atoms with E-state index in [1.165, 1.54) is 38.5 Å². The molecule has 0 spiro atoms. The van der Waals surface area contributed by atoms with Crippen molar-refractivity contribution in [1.82, 2.24) is 29.3 Å². The van der Waals surface area contributed by atoms with Crippen LogP contribution in [-0.2, 0) is 10.3 Å². The number of nitrogens with one attached hydrogen (secondary N) is 1. The van der Waals surface area contributed by atoms with E-state index in [4.69, 9.17) is 28.9 Å². The molecule has 0 aliphatic carbocycles. The molecule has 0 radical (unpaired) electrons. The summed E-state index contributed by atoms with van der Waals surface area (Å²) in [6.45, 7) is 4.53. The molecule has 11 nitrogen and oxygen atoms in total. The Kier molecular flexibility index (Phi) is 11.1. The molecule has 0 saturated carbocycles. The summed E-state index contributed by atoms with van der Waals surface area (Å²) >= 11 is 0. The zero-order valence-corrected chi connectivity index (χ0v) is 34.5. The summed E-state index contributed by atoms with van der Waals surface area (Å²) in [6.07, 6.45) is 0.820. The average molecular weight is 843 g/mol. The normalized spacial score (nSPS) is 13.5. The van der Waals surface area contributed by atoms with E-state index in [1.807, 2.05) is 95.8 Å². The van der Waals surface area contributed by atoms with Crippen molar-refractivity contribution in [2.75, 3.05) is 33.9 Å². The van der Waals surface area contributed by atoms with Crippen molar-refractivity contribution < 1.29 is 32.5 Å². The lowest BCUT2D eigenvalue weighted by Crippen LogP contribution is -2.59. The van der Waals surface area contributed by atoms with Crippen LogP contribution >= 0.6 is 12.4 Å². The van der Waals surface area contributed by atoms with E-state index in [2.05, 4.69) is 5.32 Å². The number of nitrogens with zero attached hydrogens (tertiary/aromatic N) is 5. The largest absolute Gasteiger partial charge is 0.481 e. The number of ether oxygens (including phenoxy) is 4. The monoisotopic (exact) mass is 842 g/mol.